The summed E-state index contributed by atoms with van der Waals surface area (Å²) < 4.78 is 0. The molecule has 0 aromatic heterocycles. The van der Waals surface area contributed by atoms with E-state index < -0.39 is 36.5 Å². The van der Waals surface area contributed by atoms with Gasteiger partial charge in [-0.05, 0) is 43.9 Å². The summed E-state index contributed by atoms with van der Waals surface area (Å²) in [6.45, 7) is 1.34. The van der Waals surface area contributed by atoms with Gasteiger partial charge in [0.1, 0.15) is 12.3 Å². The minimum atomic E-state index is -1.34. The van der Waals surface area contributed by atoms with Crippen molar-refractivity contribution < 1.29 is 29.4 Å². The van der Waals surface area contributed by atoms with Crippen LogP contribution < -0.4 is 16.0 Å². The second-order valence-electron chi connectivity index (χ2n) is 6.45. The first-order valence-corrected chi connectivity index (χ1v) is 9.62. The van der Waals surface area contributed by atoms with Gasteiger partial charge in [0.2, 0.25) is 0 Å². The molecule has 0 spiro atoms. The zero-order valence-corrected chi connectivity index (χ0v) is 16.7. The molecule has 2 atom stereocenters. The summed E-state index contributed by atoms with van der Waals surface area (Å²) in [6, 6.07) is 4.60. The van der Waals surface area contributed by atoms with Crippen LogP contribution in [0.15, 0.2) is 24.3 Å². The third-order valence-corrected chi connectivity index (χ3v) is 4.49. The van der Waals surface area contributed by atoms with Crippen LogP contribution in [0.2, 0.25) is 5.02 Å². The molecule has 0 bridgehead atoms. The first-order valence-electron chi connectivity index (χ1n) is 9.24. The predicted molar refractivity (Wildman–Crippen MR) is 107 cm³/mol. The summed E-state index contributed by atoms with van der Waals surface area (Å²) in [5.41, 5.74) is 0.995. The van der Waals surface area contributed by atoms with Gasteiger partial charge in [-0.2, -0.15) is 0 Å². The molecule has 0 fully saturated rings. The third kappa shape index (κ3) is 10.5. The van der Waals surface area contributed by atoms with Crippen LogP contribution in [-0.2, 0) is 20.9 Å². The summed E-state index contributed by atoms with van der Waals surface area (Å²) in [6.07, 6.45) is 1.78. The smallest absolute Gasteiger partial charge is 0.326 e. The molecular weight excluding hydrogens is 402 g/mol. The molecule has 1 aromatic carbocycles. The van der Waals surface area contributed by atoms with Crippen molar-refractivity contribution in [3.05, 3.63) is 34.9 Å². The number of hydrogen-bond acceptors (Lipinski definition) is 5. The van der Waals surface area contributed by atoms with Gasteiger partial charge in [-0.1, -0.05) is 29.8 Å². The van der Waals surface area contributed by atoms with Crippen molar-refractivity contribution in [3.63, 3.8) is 0 Å². The van der Waals surface area contributed by atoms with Crippen LogP contribution >= 0.6 is 11.6 Å². The molecule has 0 heterocycles. The van der Waals surface area contributed by atoms with Crippen molar-refractivity contribution in [1.29, 1.82) is 0 Å². The SMILES string of the molecule is O=C[C@H](CCCCNCc1ccccc1Cl)NC(=O)N[C@@H](CCC(=O)O)C(=O)O. The standard InChI is InChI=1S/C19H26ClN3O6/c20-15-7-2-1-5-13(15)11-21-10-4-3-6-14(12-24)22-19(29)23-16(18(27)28)8-9-17(25)26/h1-2,5,7,12,14,16,21H,3-4,6,8-11H2,(H,25,26)(H,27,28)(H2,22,23,29)/t14-,16-/m0/s1. The lowest BCUT2D eigenvalue weighted by Crippen LogP contribution is -2.49. The zero-order chi connectivity index (χ0) is 21.6. The van der Waals surface area contributed by atoms with Crippen molar-refractivity contribution in [1.82, 2.24) is 16.0 Å². The van der Waals surface area contributed by atoms with Gasteiger partial charge in [0.15, 0.2) is 0 Å². The fraction of sp³-hybridized carbons (Fsp3) is 0.474. The lowest BCUT2D eigenvalue weighted by molar-refractivity contribution is -0.140. The van der Waals surface area contributed by atoms with Crippen molar-refractivity contribution >= 4 is 35.9 Å². The molecule has 5 N–H and O–H groups in total. The van der Waals surface area contributed by atoms with Gasteiger partial charge in [-0.25, -0.2) is 9.59 Å². The Bertz CT molecular complexity index is 700. The molecule has 29 heavy (non-hydrogen) atoms. The second kappa shape index (κ2) is 13.5. The lowest BCUT2D eigenvalue weighted by Gasteiger charge is -2.17. The van der Waals surface area contributed by atoms with E-state index in [0.717, 1.165) is 12.0 Å². The number of carbonyl (C=O) groups excluding carboxylic acids is 2. The zero-order valence-electron chi connectivity index (χ0n) is 15.9. The van der Waals surface area contributed by atoms with E-state index >= 15 is 0 Å². The maximum Gasteiger partial charge on any atom is 0.326 e. The van der Waals surface area contributed by atoms with E-state index in [4.69, 9.17) is 21.8 Å². The Labute approximate surface area is 173 Å². The molecule has 2 amide bonds. The number of rotatable bonds is 14. The number of nitrogens with one attached hydrogen (secondary N) is 3. The van der Waals surface area contributed by atoms with Gasteiger partial charge < -0.3 is 31.0 Å². The van der Waals surface area contributed by atoms with Crippen LogP contribution in [0.1, 0.15) is 37.7 Å². The molecule has 0 aliphatic carbocycles. The number of carbonyl (C=O) groups is 4. The normalized spacial score (nSPS) is 12.6. The van der Waals surface area contributed by atoms with Gasteiger partial charge in [-0.3, -0.25) is 4.79 Å². The fourth-order valence-electron chi connectivity index (χ4n) is 2.55. The molecule has 1 rings (SSSR count). The summed E-state index contributed by atoms with van der Waals surface area (Å²) >= 11 is 6.07. The van der Waals surface area contributed by atoms with Crippen LogP contribution in [0, 0.1) is 0 Å². The highest BCUT2D eigenvalue weighted by Gasteiger charge is 2.22. The number of benzene rings is 1. The van der Waals surface area contributed by atoms with Gasteiger partial charge >= 0.3 is 18.0 Å². The first-order chi connectivity index (χ1) is 13.8. The number of amides is 2. The van der Waals surface area contributed by atoms with Gasteiger partial charge in [-0.15, -0.1) is 0 Å². The highest BCUT2D eigenvalue weighted by molar-refractivity contribution is 6.31. The Hall–Kier alpha value is -2.65. The number of aldehydes is 1. The maximum absolute atomic E-state index is 11.9. The van der Waals surface area contributed by atoms with E-state index in [0.29, 0.717) is 37.2 Å². The molecule has 1 aromatic rings. The quantitative estimate of drug-likeness (QED) is 0.225. The van der Waals surface area contributed by atoms with Crippen molar-refractivity contribution in [2.45, 2.75) is 50.7 Å². The van der Waals surface area contributed by atoms with E-state index in [-0.39, 0.29) is 6.42 Å². The molecule has 160 valence electrons. The number of aliphatic carboxylic acids is 2. The number of unbranched alkanes of at least 4 members (excludes halogenated alkanes) is 1. The number of urea groups is 1. The van der Waals surface area contributed by atoms with Crippen LogP contribution in [0.25, 0.3) is 0 Å². The summed E-state index contributed by atoms with van der Waals surface area (Å²) in [4.78, 5) is 44.7. The van der Waals surface area contributed by atoms with E-state index in [9.17, 15) is 19.2 Å². The molecular formula is C19H26ClN3O6. The molecule has 10 heteroatoms. The molecule has 0 radical (unpaired) electrons. The molecule has 0 aliphatic rings. The molecule has 0 saturated heterocycles. The molecule has 0 unspecified atom stereocenters. The number of halogens is 1. The van der Waals surface area contributed by atoms with E-state index in [1.165, 1.54) is 0 Å². The van der Waals surface area contributed by atoms with Crippen LogP contribution in [0.3, 0.4) is 0 Å². The average molecular weight is 428 g/mol. The minimum Gasteiger partial charge on any atom is -0.481 e. The minimum absolute atomic E-state index is 0.249. The summed E-state index contributed by atoms with van der Waals surface area (Å²) in [5.74, 6) is -2.50. The topological polar surface area (TPSA) is 145 Å². The highest BCUT2D eigenvalue weighted by atomic mass is 35.5. The third-order valence-electron chi connectivity index (χ3n) is 4.12. The lowest BCUT2D eigenvalue weighted by atomic mass is 10.1. The van der Waals surface area contributed by atoms with E-state index in [1.807, 2.05) is 24.3 Å². The average Bonchev–Trinajstić information content (AvgIpc) is 2.67. The molecule has 0 saturated carbocycles. The monoisotopic (exact) mass is 427 g/mol. The Morgan fingerprint density at radius 1 is 1.07 bits per heavy atom. The van der Waals surface area contributed by atoms with Crippen LogP contribution in [0.4, 0.5) is 4.79 Å². The Morgan fingerprint density at radius 3 is 2.41 bits per heavy atom. The van der Waals surface area contributed by atoms with Gasteiger partial charge in [0.25, 0.3) is 0 Å². The van der Waals surface area contributed by atoms with Crippen molar-refractivity contribution in [2.24, 2.45) is 0 Å². The van der Waals surface area contributed by atoms with E-state index in [1.54, 1.807) is 0 Å². The number of carboxylic acids is 2. The van der Waals surface area contributed by atoms with E-state index in [2.05, 4.69) is 16.0 Å². The first kappa shape index (κ1) is 24.4. The number of carboxylic acid groups (broad SMARTS) is 2. The maximum atomic E-state index is 11.9. The van der Waals surface area contributed by atoms with Gasteiger partial charge in [0.05, 0.1) is 6.04 Å². The molecule has 9 nitrogen and oxygen atoms in total. The largest absolute Gasteiger partial charge is 0.481 e. The van der Waals surface area contributed by atoms with Crippen molar-refractivity contribution in [3.8, 4) is 0 Å². The van der Waals surface area contributed by atoms with Crippen molar-refractivity contribution in [2.75, 3.05) is 6.54 Å². The summed E-state index contributed by atoms with van der Waals surface area (Å²) in [5, 5.41) is 26.2. The molecule has 0 aliphatic heterocycles. The highest BCUT2D eigenvalue weighted by Crippen LogP contribution is 2.14. The van der Waals surface area contributed by atoms with Crippen LogP contribution in [-0.4, -0.2) is 53.1 Å². The fourth-order valence-corrected chi connectivity index (χ4v) is 2.75. The van der Waals surface area contributed by atoms with Gasteiger partial charge in [0, 0.05) is 18.0 Å². The second-order valence-corrected chi connectivity index (χ2v) is 6.85. The Kier molecular flexibility index (Phi) is 11.4. The predicted octanol–water partition coefficient (Wildman–Crippen LogP) is 1.78. The Balaban J connectivity index is 2.27. The number of hydrogen-bond donors (Lipinski definition) is 5. The Morgan fingerprint density at radius 2 is 1.79 bits per heavy atom. The summed E-state index contributed by atoms with van der Waals surface area (Å²) in [7, 11) is 0. The van der Waals surface area contributed by atoms with Crippen LogP contribution in [0.5, 0.6) is 0 Å².